The van der Waals surface area contributed by atoms with Crippen LogP contribution in [0, 0.1) is 13.8 Å². The summed E-state index contributed by atoms with van der Waals surface area (Å²) in [5, 5.41) is 0. The lowest BCUT2D eigenvalue weighted by atomic mass is 10.1. The Kier molecular flexibility index (Phi) is 4.66. The fraction of sp³-hybridized carbons (Fsp3) is 0.316. The van der Waals surface area contributed by atoms with E-state index in [2.05, 4.69) is 4.72 Å². The van der Waals surface area contributed by atoms with Crippen molar-refractivity contribution in [3.8, 4) is 5.75 Å². The van der Waals surface area contributed by atoms with Gasteiger partial charge in [-0.25, -0.2) is 8.42 Å². The molecule has 138 valence electrons. The maximum absolute atomic E-state index is 12.9. The van der Waals surface area contributed by atoms with Crippen molar-refractivity contribution in [2.24, 2.45) is 0 Å². The van der Waals surface area contributed by atoms with E-state index in [0.29, 0.717) is 18.0 Å². The fourth-order valence-electron chi connectivity index (χ4n) is 3.11. The molecule has 0 atom stereocenters. The van der Waals surface area contributed by atoms with Crippen molar-refractivity contribution in [3.63, 3.8) is 0 Å². The van der Waals surface area contributed by atoms with E-state index in [4.69, 9.17) is 4.74 Å². The number of carbonyl (C=O) groups is 1. The Morgan fingerprint density at radius 3 is 2.50 bits per heavy atom. The highest BCUT2D eigenvalue weighted by molar-refractivity contribution is 7.92. The number of anilines is 2. The molecule has 0 bridgehead atoms. The molecule has 2 aromatic rings. The molecule has 3 rings (SSSR count). The number of amides is 1. The van der Waals surface area contributed by atoms with Crippen molar-refractivity contribution in [3.05, 3.63) is 47.0 Å². The number of hydrogen-bond acceptors (Lipinski definition) is 4. The fourth-order valence-corrected chi connectivity index (χ4v) is 4.40. The highest BCUT2D eigenvalue weighted by Gasteiger charge is 2.25. The first kappa shape index (κ1) is 18.3. The first-order valence-corrected chi connectivity index (χ1v) is 9.80. The Bertz CT molecular complexity index is 983. The second kappa shape index (κ2) is 6.64. The van der Waals surface area contributed by atoms with Crippen LogP contribution in [0.15, 0.2) is 35.2 Å². The summed E-state index contributed by atoms with van der Waals surface area (Å²) in [6.45, 7) is 5.88. The van der Waals surface area contributed by atoms with Crippen molar-refractivity contribution in [2.45, 2.75) is 32.1 Å². The smallest absolute Gasteiger partial charge is 0.265 e. The third-order valence-electron chi connectivity index (χ3n) is 4.68. The van der Waals surface area contributed by atoms with Gasteiger partial charge in [0.2, 0.25) is 5.91 Å². The summed E-state index contributed by atoms with van der Waals surface area (Å²) in [4.78, 5) is 13.5. The van der Waals surface area contributed by atoms with Gasteiger partial charge in [-0.2, -0.15) is 0 Å². The number of nitrogens with one attached hydrogen (secondary N) is 1. The topological polar surface area (TPSA) is 75.7 Å². The van der Waals surface area contributed by atoms with Crippen LogP contribution in [0.2, 0.25) is 0 Å². The van der Waals surface area contributed by atoms with Gasteiger partial charge >= 0.3 is 0 Å². The lowest BCUT2D eigenvalue weighted by Gasteiger charge is -2.17. The number of benzene rings is 2. The number of fused-ring (bicyclic) bond motifs is 1. The Morgan fingerprint density at radius 1 is 1.15 bits per heavy atom. The van der Waals surface area contributed by atoms with Crippen LogP contribution >= 0.6 is 0 Å². The lowest BCUT2D eigenvalue weighted by molar-refractivity contribution is -0.116. The van der Waals surface area contributed by atoms with Crippen LogP contribution in [-0.4, -0.2) is 28.0 Å². The summed E-state index contributed by atoms with van der Waals surface area (Å²) in [7, 11) is -2.38. The maximum atomic E-state index is 12.9. The van der Waals surface area contributed by atoms with Crippen molar-refractivity contribution in [2.75, 3.05) is 23.3 Å². The van der Waals surface area contributed by atoms with E-state index in [0.717, 1.165) is 28.8 Å². The molecule has 1 heterocycles. The quantitative estimate of drug-likeness (QED) is 0.893. The Morgan fingerprint density at radius 2 is 1.85 bits per heavy atom. The molecular weight excluding hydrogens is 352 g/mol. The number of carbonyl (C=O) groups excluding carboxylic acids is 1. The van der Waals surface area contributed by atoms with Gasteiger partial charge in [-0.3, -0.25) is 9.52 Å². The highest BCUT2D eigenvalue weighted by atomic mass is 32.2. The van der Waals surface area contributed by atoms with Crippen LogP contribution in [0.25, 0.3) is 0 Å². The maximum Gasteiger partial charge on any atom is 0.265 e. The molecule has 1 N–H and O–H groups in total. The van der Waals surface area contributed by atoms with E-state index in [-0.39, 0.29) is 10.8 Å². The van der Waals surface area contributed by atoms with Gasteiger partial charge < -0.3 is 9.64 Å². The van der Waals surface area contributed by atoms with E-state index in [1.165, 1.54) is 14.0 Å². The van der Waals surface area contributed by atoms with Crippen LogP contribution in [0.3, 0.4) is 0 Å². The van der Waals surface area contributed by atoms with Crippen molar-refractivity contribution in [1.82, 2.24) is 0 Å². The number of hydrogen-bond donors (Lipinski definition) is 1. The molecule has 0 saturated carbocycles. The van der Waals surface area contributed by atoms with Gasteiger partial charge in [-0.05, 0) is 61.2 Å². The van der Waals surface area contributed by atoms with E-state index >= 15 is 0 Å². The number of rotatable bonds is 4. The third kappa shape index (κ3) is 3.26. The predicted molar refractivity (Wildman–Crippen MR) is 101 cm³/mol. The van der Waals surface area contributed by atoms with Crippen LogP contribution in [0.1, 0.15) is 23.6 Å². The molecule has 7 heteroatoms. The van der Waals surface area contributed by atoms with E-state index in [1.54, 1.807) is 29.2 Å². The van der Waals surface area contributed by atoms with Gasteiger partial charge in [0.25, 0.3) is 10.0 Å². The van der Waals surface area contributed by atoms with Crippen molar-refractivity contribution < 1.29 is 17.9 Å². The van der Waals surface area contributed by atoms with Gasteiger partial charge in [-0.1, -0.05) is 6.07 Å². The first-order valence-electron chi connectivity index (χ1n) is 8.32. The van der Waals surface area contributed by atoms with Gasteiger partial charge in [0.15, 0.2) is 0 Å². The van der Waals surface area contributed by atoms with Gasteiger partial charge in [0.05, 0.1) is 12.8 Å². The molecule has 0 aromatic heterocycles. The highest BCUT2D eigenvalue weighted by Crippen LogP contribution is 2.33. The van der Waals surface area contributed by atoms with Gasteiger partial charge in [-0.15, -0.1) is 0 Å². The Hall–Kier alpha value is -2.54. The monoisotopic (exact) mass is 374 g/mol. The van der Waals surface area contributed by atoms with Gasteiger partial charge in [0, 0.05) is 19.2 Å². The van der Waals surface area contributed by atoms with E-state index in [1.807, 2.05) is 19.9 Å². The van der Waals surface area contributed by atoms with Crippen LogP contribution < -0.4 is 14.4 Å². The van der Waals surface area contributed by atoms with E-state index in [9.17, 15) is 13.2 Å². The molecular formula is C19H22N2O4S. The summed E-state index contributed by atoms with van der Waals surface area (Å²) in [5.74, 6) is 0.242. The average Bonchev–Trinajstić information content (AvgIpc) is 2.99. The number of ether oxygens (including phenoxy) is 1. The largest absolute Gasteiger partial charge is 0.495 e. The minimum absolute atomic E-state index is 0.0559. The lowest BCUT2D eigenvalue weighted by Crippen LogP contribution is -2.25. The molecule has 6 nitrogen and oxygen atoms in total. The number of methoxy groups -OCH3 is 1. The molecule has 0 fully saturated rings. The molecule has 0 saturated heterocycles. The first-order chi connectivity index (χ1) is 12.2. The molecule has 0 aliphatic carbocycles. The molecule has 1 amide bonds. The molecule has 2 aromatic carbocycles. The van der Waals surface area contributed by atoms with Gasteiger partial charge in [0.1, 0.15) is 10.6 Å². The summed E-state index contributed by atoms with van der Waals surface area (Å²) < 4.78 is 33.6. The second-order valence-electron chi connectivity index (χ2n) is 6.46. The second-order valence-corrected chi connectivity index (χ2v) is 8.11. The number of nitrogens with zero attached hydrogens (tertiary/aromatic N) is 1. The number of aryl methyl sites for hydroxylation is 2. The Labute approximate surface area is 153 Å². The summed E-state index contributed by atoms with van der Waals surface area (Å²) >= 11 is 0. The number of sulfonamides is 1. The van der Waals surface area contributed by atoms with Crippen molar-refractivity contribution >= 4 is 27.3 Å². The van der Waals surface area contributed by atoms with Crippen LogP contribution in [0.4, 0.5) is 11.4 Å². The Balaban J connectivity index is 1.98. The average molecular weight is 374 g/mol. The summed E-state index contributed by atoms with van der Waals surface area (Å²) in [6.07, 6.45) is 0.771. The SMILES string of the molecule is COc1cc(C)c(C)cc1S(=O)(=O)Nc1ccc2c(c1)N(C(C)=O)CC2. The molecule has 0 spiro atoms. The molecule has 1 aliphatic rings. The predicted octanol–water partition coefficient (Wildman–Crippen LogP) is 3.02. The minimum atomic E-state index is -3.83. The zero-order valence-electron chi connectivity index (χ0n) is 15.3. The van der Waals surface area contributed by atoms with E-state index < -0.39 is 10.0 Å². The molecule has 26 heavy (non-hydrogen) atoms. The minimum Gasteiger partial charge on any atom is -0.495 e. The van der Waals surface area contributed by atoms with Crippen molar-refractivity contribution in [1.29, 1.82) is 0 Å². The van der Waals surface area contributed by atoms with Crippen LogP contribution in [0.5, 0.6) is 5.75 Å². The summed E-state index contributed by atoms with van der Waals surface area (Å²) in [6, 6.07) is 8.59. The molecule has 0 radical (unpaired) electrons. The zero-order chi connectivity index (χ0) is 19.1. The molecule has 1 aliphatic heterocycles. The standard InChI is InChI=1S/C19H22N2O4S/c1-12-9-18(25-4)19(10-13(12)2)26(23,24)20-16-6-5-15-7-8-21(14(3)22)17(15)11-16/h5-6,9-11,20H,7-8H2,1-4H3. The van der Waals surface area contributed by atoms with Crippen LogP contribution in [-0.2, 0) is 21.2 Å². The normalized spacial score (nSPS) is 13.5. The summed E-state index contributed by atoms with van der Waals surface area (Å²) in [5.41, 5.74) is 4.02. The molecule has 0 unspecified atom stereocenters. The zero-order valence-corrected chi connectivity index (χ0v) is 16.1. The third-order valence-corrected chi connectivity index (χ3v) is 6.09.